The summed E-state index contributed by atoms with van der Waals surface area (Å²) < 4.78 is 46.3. The molecule has 1 aliphatic rings. The molecule has 3 aromatic rings. The monoisotopic (exact) mass is 587 g/mol. The van der Waals surface area contributed by atoms with Crippen molar-refractivity contribution in [2.45, 2.75) is 29.5 Å². The molecule has 0 aliphatic carbocycles. The maximum absolute atomic E-state index is 13.5. The number of aromatic nitrogens is 1. The summed E-state index contributed by atoms with van der Waals surface area (Å²) in [5.74, 6) is -1.60. The molecule has 0 bridgehead atoms. The lowest BCUT2D eigenvalue weighted by Gasteiger charge is -2.21. The molecule has 0 amide bonds. The van der Waals surface area contributed by atoms with E-state index in [1.165, 1.54) is 31.9 Å². The molecule has 0 spiro atoms. The van der Waals surface area contributed by atoms with Gasteiger partial charge in [0.1, 0.15) is 5.75 Å². The molecule has 194 valence electrons. The Kier molecular flexibility index (Phi) is 7.53. The highest BCUT2D eigenvalue weighted by molar-refractivity contribution is 8.01. The van der Waals surface area contributed by atoms with E-state index in [1.54, 1.807) is 12.1 Å². The van der Waals surface area contributed by atoms with Crippen LogP contribution >= 0.6 is 46.3 Å². The van der Waals surface area contributed by atoms with Crippen molar-refractivity contribution in [1.82, 2.24) is 4.98 Å². The fraction of sp³-hybridized carbons (Fsp3) is 0.208. The van der Waals surface area contributed by atoms with Crippen molar-refractivity contribution in [2.24, 2.45) is 10.7 Å². The number of thiazole rings is 1. The quantitative estimate of drug-likeness (QED) is 0.295. The summed E-state index contributed by atoms with van der Waals surface area (Å²) in [6, 6.07) is 6.35. The summed E-state index contributed by atoms with van der Waals surface area (Å²) in [6.07, 6.45) is -4.70. The van der Waals surface area contributed by atoms with Gasteiger partial charge in [-0.05, 0) is 55.3 Å². The Bertz CT molecular complexity index is 1480. The fourth-order valence-electron chi connectivity index (χ4n) is 3.80. The van der Waals surface area contributed by atoms with Crippen molar-refractivity contribution < 1.29 is 27.8 Å². The topological polar surface area (TPSA) is 97.8 Å². The number of ether oxygens (including phenoxy) is 1. The molecular formula is C24H18Cl2F3N3O3S2. The minimum Gasteiger partial charge on any atom is -0.497 e. The second kappa shape index (κ2) is 10.2. The Morgan fingerprint density at radius 1 is 1.19 bits per heavy atom. The SMILES string of the molecule is COc1cc(C(C(=Nc2nc3c(s2)SC(C)c2cc(Cl)c(Cl)cc2-3)C(=O)O)=C(C)N)cc(C(F)(F)F)c1. The minimum absolute atomic E-state index is 0.0211. The number of carbonyl (C=O) groups is 1. The minimum atomic E-state index is -4.70. The molecular weight excluding hydrogens is 570 g/mol. The third-order valence-electron chi connectivity index (χ3n) is 5.45. The number of carboxylic acids is 1. The van der Waals surface area contributed by atoms with E-state index in [4.69, 9.17) is 33.7 Å². The Morgan fingerprint density at radius 2 is 1.86 bits per heavy atom. The van der Waals surface area contributed by atoms with Crippen LogP contribution in [-0.2, 0) is 11.0 Å². The number of methoxy groups -OCH3 is 1. The van der Waals surface area contributed by atoms with E-state index in [0.29, 0.717) is 15.7 Å². The number of alkyl halides is 3. The first-order valence-electron chi connectivity index (χ1n) is 10.5. The van der Waals surface area contributed by atoms with Gasteiger partial charge in [0.25, 0.3) is 0 Å². The molecule has 1 unspecified atom stereocenters. The molecule has 0 saturated heterocycles. The van der Waals surface area contributed by atoms with E-state index in [0.717, 1.165) is 38.8 Å². The van der Waals surface area contributed by atoms with E-state index < -0.39 is 23.4 Å². The number of carboxylic acid groups (broad SMARTS) is 1. The molecule has 37 heavy (non-hydrogen) atoms. The lowest BCUT2D eigenvalue weighted by molar-refractivity contribution is -0.137. The summed E-state index contributed by atoms with van der Waals surface area (Å²) in [6.45, 7) is 3.37. The first kappa shape index (κ1) is 27.3. The van der Waals surface area contributed by atoms with Gasteiger partial charge >= 0.3 is 12.1 Å². The number of hydrogen-bond donors (Lipinski definition) is 2. The molecule has 2 heterocycles. The maximum Gasteiger partial charge on any atom is 0.416 e. The van der Waals surface area contributed by atoms with E-state index in [2.05, 4.69) is 9.98 Å². The highest BCUT2D eigenvalue weighted by atomic mass is 35.5. The predicted octanol–water partition coefficient (Wildman–Crippen LogP) is 7.86. The van der Waals surface area contributed by atoms with Crippen LogP contribution in [0.3, 0.4) is 0 Å². The normalized spacial score (nSPS) is 16.1. The predicted molar refractivity (Wildman–Crippen MR) is 141 cm³/mol. The van der Waals surface area contributed by atoms with Crippen LogP contribution < -0.4 is 10.5 Å². The molecule has 2 aromatic carbocycles. The van der Waals surface area contributed by atoms with Gasteiger partial charge in [-0.2, -0.15) is 13.2 Å². The number of allylic oxidation sites excluding steroid dienone is 1. The number of benzene rings is 2. The molecule has 0 fully saturated rings. The zero-order valence-electron chi connectivity index (χ0n) is 19.4. The lowest BCUT2D eigenvalue weighted by atomic mass is 9.96. The fourth-order valence-corrected chi connectivity index (χ4v) is 6.59. The lowest BCUT2D eigenvalue weighted by Crippen LogP contribution is -2.19. The third-order valence-corrected chi connectivity index (χ3v) is 8.47. The van der Waals surface area contributed by atoms with Gasteiger partial charge in [-0.1, -0.05) is 34.5 Å². The highest BCUT2D eigenvalue weighted by Crippen LogP contribution is 2.53. The maximum atomic E-state index is 13.5. The first-order valence-corrected chi connectivity index (χ1v) is 13.0. The van der Waals surface area contributed by atoms with Crippen LogP contribution in [-0.4, -0.2) is 28.9 Å². The third kappa shape index (κ3) is 5.45. The Morgan fingerprint density at radius 3 is 2.46 bits per heavy atom. The van der Waals surface area contributed by atoms with Crippen molar-refractivity contribution >= 4 is 68.7 Å². The molecule has 6 nitrogen and oxygen atoms in total. The van der Waals surface area contributed by atoms with Gasteiger partial charge in [-0.25, -0.2) is 14.8 Å². The number of rotatable bonds is 5. The number of fused-ring (bicyclic) bond motifs is 3. The number of nitrogens with two attached hydrogens (primary N) is 1. The largest absolute Gasteiger partial charge is 0.497 e. The van der Waals surface area contributed by atoms with E-state index in [9.17, 15) is 23.1 Å². The van der Waals surface area contributed by atoms with Crippen molar-refractivity contribution in [1.29, 1.82) is 0 Å². The smallest absolute Gasteiger partial charge is 0.416 e. The van der Waals surface area contributed by atoms with Gasteiger partial charge in [0.15, 0.2) is 5.71 Å². The summed E-state index contributed by atoms with van der Waals surface area (Å²) in [7, 11) is 1.21. The summed E-state index contributed by atoms with van der Waals surface area (Å²) in [4.78, 5) is 21.1. The summed E-state index contributed by atoms with van der Waals surface area (Å²) in [5, 5.41) is 10.9. The van der Waals surface area contributed by atoms with E-state index in [1.807, 2.05) is 6.92 Å². The van der Waals surface area contributed by atoms with Gasteiger partial charge in [0.05, 0.1) is 32.6 Å². The van der Waals surface area contributed by atoms with Crippen molar-refractivity contribution in [2.75, 3.05) is 7.11 Å². The standard InChI is InChI=1S/C24H18Cl2F3N3O3S2/c1-9(30)18(11-4-12(24(27,28)29)6-13(5-11)35-3)20(21(33)34)32-23-31-19-15-8-17(26)16(25)7-14(15)10(2)36-22(19)37-23/h4-8,10H,30H2,1-3H3,(H,33,34). The van der Waals surface area contributed by atoms with Gasteiger partial charge < -0.3 is 15.6 Å². The zero-order chi connectivity index (χ0) is 27.2. The Hall–Kier alpha value is -2.73. The second-order valence-electron chi connectivity index (χ2n) is 8.02. The number of aliphatic carboxylic acids is 1. The van der Waals surface area contributed by atoms with Crippen molar-refractivity contribution in [3.05, 3.63) is 62.8 Å². The number of halogens is 5. The van der Waals surface area contributed by atoms with E-state index >= 15 is 0 Å². The first-order chi connectivity index (χ1) is 17.3. The van der Waals surface area contributed by atoms with Crippen LogP contribution in [0.15, 0.2) is 45.2 Å². The van der Waals surface area contributed by atoms with E-state index in [-0.39, 0.29) is 33.0 Å². The Labute approximate surface area is 228 Å². The number of aliphatic imine (C=N–C) groups is 1. The molecule has 13 heteroatoms. The molecule has 1 atom stereocenters. The average Bonchev–Trinajstić information content (AvgIpc) is 3.21. The molecule has 1 aromatic heterocycles. The molecule has 0 saturated carbocycles. The van der Waals surface area contributed by atoms with Crippen LogP contribution in [0.4, 0.5) is 18.3 Å². The number of hydrogen-bond acceptors (Lipinski definition) is 7. The van der Waals surface area contributed by atoms with Crippen LogP contribution in [0.25, 0.3) is 16.8 Å². The van der Waals surface area contributed by atoms with Gasteiger partial charge in [-0.3, -0.25) is 0 Å². The number of nitrogens with zero attached hydrogens (tertiary/aromatic N) is 2. The van der Waals surface area contributed by atoms with Crippen LogP contribution in [0.1, 0.15) is 35.8 Å². The van der Waals surface area contributed by atoms with Gasteiger partial charge in [0.2, 0.25) is 5.13 Å². The van der Waals surface area contributed by atoms with Crippen LogP contribution in [0.5, 0.6) is 5.75 Å². The van der Waals surface area contributed by atoms with Gasteiger partial charge in [-0.15, -0.1) is 11.8 Å². The Balaban J connectivity index is 1.87. The molecule has 3 N–H and O–H groups in total. The molecule has 0 radical (unpaired) electrons. The summed E-state index contributed by atoms with van der Waals surface area (Å²) in [5.41, 5.74) is 6.32. The molecule has 4 rings (SSSR count). The van der Waals surface area contributed by atoms with Crippen molar-refractivity contribution in [3.63, 3.8) is 0 Å². The van der Waals surface area contributed by atoms with Crippen molar-refractivity contribution in [3.8, 4) is 17.0 Å². The highest BCUT2D eigenvalue weighted by Gasteiger charge is 2.33. The van der Waals surface area contributed by atoms with Crippen LogP contribution in [0, 0.1) is 0 Å². The van der Waals surface area contributed by atoms with Crippen LogP contribution in [0.2, 0.25) is 10.0 Å². The summed E-state index contributed by atoms with van der Waals surface area (Å²) >= 11 is 15.1. The zero-order valence-corrected chi connectivity index (χ0v) is 22.6. The molecule has 1 aliphatic heterocycles. The second-order valence-corrected chi connectivity index (χ2v) is 11.4. The van der Waals surface area contributed by atoms with Gasteiger partial charge in [0, 0.05) is 22.1 Å². The number of thioether (sulfide) groups is 1. The average molecular weight is 588 g/mol.